The maximum absolute atomic E-state index is 4.46. The average Bonchev–Trinajstić information content (AvgIpc) is 2.54. The lowest BCUT2D eigenvalue weighted by molar-refractivity contribution is 0.947. The molecule has 1 unspecified atom stereocenters. The second kappa shape index (κ2) is 2.94. The van der Waals surface area contributed by atoms with Gasteiger partial charge < -0.3 is 0 Å². The average molecular weight is 157 g/mol. The van der Waals surface area contributed by atoms with E-state index in [2.05, 4.69) is 36.2 Å². The minimum Gasteiger partial charge on any atom is -0.278 e. The maximum Gasteiger partial charge on any atom is 0.0662 e. The number of rotatable bonds is 1. The third kappa shape index (κ3) is 1.30. The number of aliphatic imine (C=N–C) groups is 1. The van der Waals surface area contributed by atoms with Crippen molar-refractivity contribution in [1.29, 1.82) is 0 Å². The molecular formula is C11H11N. The van der Waals surface area contributed by atoms with Crippen molar-refractivity contribution in [2.24, 2.45) is 4.99 Å². The predicted molar refractivity (Wildman–Crippen MR) is 51.6 cm³/mol. The molecule has 60 valence electrons. The van der Waals surface area contributed by atoms with Gasteiger partial charge in [0.15, 0.2) is 0 Å². The lowest BCUT2D eigenvalue weighted by atomic mass is 10.1. The molecule has 0 spiro atoms. The molecule has 1 aromatic carbocycles. The van der Waals surface area contributed by atoms with Gasteiger partial charge in [0.1, 0.15) is 0 Å². The Morgan fingerprint density at radius 1 is 1.17 bits per heavy atom. The minimum atomic E-state index is 0.347. The monoisotopic (exact) mass is 157 g/mol. The van der Waals surface area contributed by atoms with E-state index in [1.165, 1.54) is 5.56 Å². The molecular weight excluding hydrogens is 146 g/mol. The van der Waals surface area contributed by atoms with Gasteiger partial charge in [-0.3, -0.25) is 4.99 Å². The van der Waals surface area contributed by atoms with Crippen molar-refractivity contribution in [3.63, 3.8) is 0 Å². The van der Waals surface area contributed by atoms with Crippen LogP contribution in [0.1, 0.15) is 12.5 Å². The van der Waals surface area contributed by atoms with Crippen LogP contribution in [0.5, 0.6) is 0 Å². The summed E-state index contributed by atoms with van der Waals surface area (Å²) in [4.78, 5) is 4.46. The quantitative estimate of drug-likeness (QED) is 0.593. The molecule has 1 heterocycles. The first kappa shape index (κ1) is 7.29. The fraction of sp³-hybridized carbons (Fsp3) is 0.182. The summed E-state index contributed by atoms with van der Waals surface area (Å²) >= 11 is 0. The molecule has 1 heteroatoms. The summed E-state index contributed by atoms with van der Waals surface area (Å²) in [5.41, 5.74) is 2.31. The number of allylic oxidation sites excluding steroid dienone is 1. The van der Waals surface area contributed by atoms with E-state index in [0.29, 0.717) is 6.04 Å². The van der Waals surface area contributed by atoms with Crippen molar-refractivity contribution in [3.05, 3.63) is 48.0 Å². The second-order valence-corrected chi connectivity index (χ2v) is 2.98. The normalized spacial score (nSPS) is 21.1. The first-order chi connectivity index (χ1) is 5.86. The molecule has 1 aromatic rings. The molecule has 12 heavy (non-hydrogen) atoms. The highest BCUT2D eigenvalue weighted by Gasteiger charge is 2.06. The standard InChI is InChI=1S/C11H11N/c1-9-7-8-11(12-9)10-5-3-2-4-6-10/h2-9H,1H3. The molecule has 0 aliphatic carbocycles. The summed E-state index contributed by atoms with van der Waals surface area (Å²) in [6.07, 6.45) is 4.20. The van der Waals surface area contributed by atoms with Crippen molar-refractivity contribution in [2.45, 2.75) is 13.0 Å². The van der Waals surface area contributed by atoms with E-state index in [-0.39, 0.29) is 0 Å². The van der Waals surface area contributed by atoms with Gasteiger partial charge in [0.05, 0.1) is 11.8 Å². The minimum absolute atomic E-state index is 0.347. The molecule has 1 atom stereocenters. The Bertz CT molecular complexity index is 322. The van der Waals surface area contributed by atoms with Crippen LogP contribution in [-0.4, -0.2) is 11.8 Å². The second-order valence-electron chi connectivity index (χ2n) is 2.98. The van der Waals surface area contributed by atoms with Gasteiger partial charge in [0.2, 0.25) is 0 Å². The lowest BCUT2D eigenvalue weighted by Crippen LogP contribution is -1.94. The van der Waals surface area contributed by atoms with Crippen molar-refractivity contribution in [2.75, 3.05) is 0 Å². The first-order valence-electron chi connectivity index (χ1n) is 4.18. The largest absolute Gasteiger partial charge is 0.278 e. The van der Waals surface area contributed by atoms with Gasteiger partial charge >= 0.3 is 0 Å². The van der Waals surface area contributed by atoms with Crippen LogP contribution in [0.4, 0.5) is 0 Å². The Hall–Kier alpha value is -1.37. The number of nitrogens with zero attached hydrogens (tertiary/aromatic N) is 1. The number of hydrogen-bond acceptors (Lipinski definition) is 1. The topological polar surface area (TPSA) is 12.4 Å². The molecule has 0 aromatic heterocycles. The Balaban J connectivity index is 2.34. The Kier molecular flexibility index (Phi) is 1.78. The lowest BCUT2D eigenvalue weighted by Gasteiger charge is -1.97. The van der Waals surface area contributed by atoms with Crippen LogP contribution in [0, 0.1) is 0 Å². The van der Waals surface area contributed by atoms with Gasteiger partial charge in [-0.05, 0) is 18.6 Å². The van der Waals surface area contributed by atoms with Crippen LogP contribution in [-0.2, 0) is 0 Å². The molecule has 1 aliphatic heterocycles. The third-order valence-corrected chi connectivity index (χ3v) is 1.94. The van der Waals surface area contributed by atoms with Crippen LogP contribution in [0.15, 0.2) is 47.5 Å². The smallest absolute Gasteiger partial charge is 0.0662 e. The van der Waals surface area contributed by atoms with Crippen molar-refractivity contribution in [3.8, 4) is 0 Å². The van der Waals surface area contributed by atoms with Crippen molar-refractivity contribution in [1.82, 2.24) is 0 Å². The van der Waals surface area contributed by atoms with E-state index in [1.807, 2.05) is 18.2 Å². The van der Waals surface area contributed by atoms with Crippen molar-refractivity contribution >= 4 is 5.71 Å². The summed E-state index contributed by atoms with van der Waals surface area (Å²) in [5.74, 6) is 0. The number of hydrogen-bond donors (Lipinski definition) is 0. The van der Waals surface area contributed by atoms with Crippen molar-refractivity contribution < 1.29 is 0 Å². The molecule has 0 radical (unpaired) electrons. The Morgan fingerprint density at radius 2 is 1.92 bits per heavy atom. The summed E-state index contributed by atoms with van der Waals surface area (Å²) in [6.45, 7) is 2.09. The van der Waals surface area contributed by atoms with Crippen LogP contribution in [0.2, 0.25) is 0 Å². The van der Waals surface area contributed by atoms with Gasteiger partial charge in [0, 0.05) is 0 Å². The zero-order valence-electron chi connectivity index (χ0n) is 7.07. The Labute approximate surface area is 72.5 Å². The number of benzene rings is 1. The van der Waals surface area contributed by atoms with Crippen LogP contribution in [0.25, 0.3) is 0 Å². The molecule has 0 saturated heterocycles. The highest BCUT2D eigenvalue weighted by molar-refractivity contribution is 6.10. The van der Waals surface area contributed by atoms with Gasteiger partial charge in [-0.15, -0.1) is 0 Å². The molecule has 1 aliphatic rings. The predicted octanol–water partition coefficient (Wildman–Crippen LogP) is 2.43. The summed E-state index contributed by atoms with van der Waals surface area (Å²) in [6, 6.07) is 10.6. The van der Waals surface area contributed by atoms with E-state index < -0.39 is 0 Å². The Morgan fingerprint density at radius 3 is 2.50 bits per heavy atom. The van der Waals surface area contributed by atoms with Gasteiger partial charge in [0.25, 0.3) is 0 Å². The molecule has 0 bridgehead atoms. The summed E-state index contributed by atoms with van der Waals surface area (Å²) in [5, 5.41) is 0. The fourth-order valence-electron chi connectivity index (χ4n) is 1.32. The SMILES string of the molecule is CC1C=CC(c2ccccc2)=N1. The zero-order valence-corrected chi connectivity index (χ0v) is 7.07. The summed E-state index contributed by atoms with van der Waals surface area (Å²) in [7, 11) is 0. The highest BCUT2D eigenvalue weighted by Crippen LogP contribution is 2.10. The molecule has 2 rings (SSSR count). The maximum atomic E-state index is 4.46. The molecule has 0 N–H and O–H groups in total. The van der Waals surface area contributed by atoms with Gasteiger partial charge in [-0.1, -0.05) is 36.4 Å². The molecule has 1 nitrogen and oxygen atoms in total. The third-order valence-electron chi connectivity index (χ3n) is 1.94. The van der Waals surface area contributed by atoms with Crippen LogP contribution >= 0.6 is 0 Å². The molecule has 0 fully saturated rings. The van der Waals surface area contributed by atoms with E-state index in [0.717, 1.165) is 5.71 Å². The van der Waals surface area contributed by atoms with Gasteiger partial charge in [-0.25, -0.2) is 0 Å². The molecule has 0 amide bonds. The molecule has 0 saturated carbocycles. The first-order valence-corrected chi connectivity index (χ1v) is 4.18. The summed E-state index contributed by atoms with van der Waals surface area (Å²) < 4.78 is 0. The van der Waals surface area contributed by atoms with E-state index >= 15 is 0 Å². The zero-order chi connectivity index (χ0) is 8.39. The van der Waals surface area contributed by atoms with Crippen LogP contribution < -0.4 is 0 Å². The van der Waals surface area contributed by atoms with E-state index in [4.69, 9.17) is 0 Å². The van der Waals surface area contributed by atoms with E-state index in [1.54, 1.807) is 0 Å². The van der Waals surface area contributed by atoms with Crippen LogP contribution in [0.3, 0.4) is 0 Å². The fourth-order valence-corrected chi connectivity index (χ4v) is 1.32. The van der Waals surface area contributed by atoms with Gasteiger partial charge in [-0.2, -0.15) is 0 Å². The highest BCUT2D eigenvalue weighted by atomic mass is 14.8. The van der Waals surface area contributed by atoms with E-state index in [9.17, 15) is 0 Å².